The average Bonchev–Trinajstić information content (AvgIpc) is 2.95. The number of benzene rings is 1. The first-order valence-corrected chi connectivity index (χ1v) is 9.55. The molecular weight excluding hydrogens is 393 g/mol. The van der Waals surface area contributed by atoms with Crippen molar-refractivity contribution in [3.63, 3.8) is 0 Å². The third-order valence-corrected chi connectivity index (χ3v) is 5.54. The van der Waals surface area contributed by atoms with E-state index in [-0.39, 0.29) is 23.2 Å². The van der Waals surface area contributed by atoms with E-state index in [0.717, 1.165) is 36.1 Å². The molecule has 4 rings (SSSR count). The Labute approximate surface area is 164 Å². The van der Waals surface area contributed by atoms with Gasteiger partial charge in [-0.3, -0.25) is 4.90 Å². The van der Waals surface area contributed by atoms with Crippen molar-refractivity contribution in [1.29, 1.82) is 0 Å². The number of halogens is 4. The zero-order valence-corrected chi connectivity index (χ0v) is 15.8. The molecule has 0 amide bonds. The van der Waals surface area contributed by atoms with Crippen molar-refractivity contribution in [2.75, 3.05) is 19.7 Å². The van der Waals surface area contributed by atoms with E-state index in [1.54, 1.807) is 6.07 Å². The summed E-state index contributed by atoms with van der Waals surface area (Å²) in [6, 6.07) is 5.43. The van der Waals surface area contributed by atoms with Gasteiger partial charge in [0.05, 0.1) is 5.52 Å². The van der Waals surface area contributed by atoms with Crippen molar-refractivity contribution in [3.05, 3.63) is 35.2 Å². The Hall–Kier alpha value is -1.90. The number of likely N-dealkylation sites (tertiary alicyclic amines) is 1. The lowest BCUT2D eigenvalue weighted by Gasteiger charge is -2.31. The SMILES string of the molecule is OC[C@@H]1CCCN(Cc2ccc3c(c2)c2ncnc(Cl)c2n3CC(F)(F)F)C1. The van der Waals surface area contributed by atoms with E-state index in [0.29, 0.717) is 23.0 Å². The minimum atomic E-state index is -4.39. The van der Waals surface area contributed by atoms with Crippen LogP contribution < -0.4 is 0 Å². The number of fused-ring (bicyclic) bond motifs is 3. The number of alkyl halides is 3. The van der Waals surface area contributed by atoms with Crippen molar-refractivity contribution in [1.82, 2.24) is 19.4 Å². The van der Waals surface area contributed by atoms with Crippen LogP contribution in [0.25, 0.3) is 21.9 Å². The molecule has 1 aromatic carbocycles. The van der Waals surface area contributed by atoms with Crippen LogP contribution in [0.4, 0.5) is 13.2 Å². The maximum atomic E-state index is 13.1. The Morgan fingerprint density at radius 1 is 1.25 bits per heavy atom. The van der Waals surface area contributed by atoms with Crippen molar-refractivity contribution < 1.29 is 18.3 Å². The summed E-state index contributed by atoms with van der Waals surface area (Å²) in [7, 11) is 0. The Balaban J connectivity index is 1.75. The highest BCUT2D eigenvalue weighted by molar-refractivity contribution is 6.34. The fourth-order valence-corrected chi connectivity index (χ4v) is 4.30. The fraction of sp³-hybridized carbons (Fsp3) is 0.474. The van der Waals surface area contributed by atoms with E-state index in [1.807, 2.05) is 12.1 Å². The molecule has 1 atom stereocenters. The first kappa shape index (κ1) is 19.4. The topological polar surface area (TPSA) is 54.2 Å². The first-order valence-electron chi connectivity index (χ1n) is 9.17. The van der Waals surface area contributed by atoms with Gasteiger partial charge in [-0.2, -0.15) is 13.2 Å². The van der Waals surface area contributed by atoms with E-state index in [4.69, 9.17) is 11.6 Å². The van der Waals surface area contributed by atoms with Gasteiger partial charge in [0.25, 0.3) is 0 Å². The lowest BCUT2D eigenvalue weighted by atomic mass is 9.98. The summed E-state index contributed by atoms with van der Waals surface area (Å²) in [4.78, 5) is 10.3. The van der Waals surface area contributed by atoms with Gasteiger partial charge in [-0.05, 0) is 43.0 Å². The molecule has 0 spiro atoms. The Kier molecular flexibility index (Phi) is 5.20. The van der Waals surface area contributed by atoms with Crippen LogP contribution in [-0.4, -0.2) is 50.4 Å². The summed E-state index contributed by atoms with van der Waals surface area (Å²) >= 11 is 6.12. The number of aliphatic hydroxyl groups excluding tert-OH is 1. The van der Waals surface area contributed by atoms with Gasteiger partial charge in [-0.15, -0.1) is 0 Å². The van der Waals surface area contributed by atoms with E-state index in [9.17, 15) is 18.3 Å². The molecule has 28 heavy (non-hydrogen) atoms. The predicted molar refractivity (Wildman–Crippen MR) is 101 cm³/mol. The van der Waals surface area contributed by atoms with Crippen molar-refractivity contribution in [2.45, 2.75) is 32.1 Å². The second-order valence-corrected chi connectivity index (χ2v) is 7.70. The normalized spacial score (nSPS) is 19.0. The van der Waals surface area contributed by atoms with Crippen LogP contribution in [0.3, 0.4) is 0 Å². The minimum absolute atomic E-state index is 0.00816. The molecule has 0 saturated carbocycles. The summed E-state index contributed by atoms with van der Waals surface area (Å²) in [5, 5.41) is 10.1. The molecule has 0 unspecified atom stereocenters. The van der Waals surface area contributed by atoms with Gasteiger partial charge < -0.3 is 9.67 Å². The fourth-order valence-electron chi connectivity index (χ4n) is 4.07. The smallest absolute Gasteiger partial charge is 0.396 e. The van der Waals surface area contributed by atoms with E-state index < -0.39 is 12.7 Å². The minimum Gasteiger partial charge on any atom is -0.396 e. The van der Waals surface area contributed by atoms with Gasteiger partial charge in [0.1, 0.15) is 23.9 Å². The molecule has 150 valence electrons. The molecule has 3 aromatic rings. The van der Waals surface area contributed by atoms with Crippen LogP contribution in [0, 0.1) is 5.92 Å². The first-order chi connectivity index (χ1) is 13.4. The Morgan fingerprint density at radius 3 is 2.82 bits per heavy atom. The highest BCUT2D eigenvalue weighted by Crippen LogP contribution is 2.34. The molecule has 3 heterocycles. The highest BCUT2D eigenvalue weighted by atomic mass is 35.5. The number of aliphatic hydroxyl groups is 1. The molecule has 0 aliphatic carbocycles. The van der Waals surface area contributed by atoms with Gasteiger partial charge in [0.15, 0.2) is 5.15 Å². The largest absolute Gasteiger partial charge is 0.406 e. The van der Waals surface area contributed by atoms with Crippen LogP contribution >= 0.6 is 11.6 Å². The van der Waals surface area contributed by atoms with Crippen LogP contribution in [-0.2, 0) is 13.1 Å². The zero-order valence-electron chi connectivity index (χ0n) is 15.1. The van der Waals surface area contributed by atoms with Crippen LogP contribution in [0.5, 0.6) is 0 Å². The summed E-state index contributed by atoms with van der Waals surface area (Å²) in [6.45, 7) is 1.47. The predicted octanol–water partition coefficient (Wildman–Crippen LogP) is 4.00. The molecule has 0 bridgehead atoms. The van der Waals surface area contributed by atoms with Gasteiger partial charge >= 0.3 is 6.18 Å². The van der Waals surface area contributed by atoms with Crippen molar-refractivity contribution in [3.8, 4) is 0 Å². The Bertz CT molecular complexity index is 1000. The van der Waals surface area contributed by atoms with Gasteiger partial charge in [-0.25, -0.2) is 9.97 Å². The second kappa shape index (κ2) is 7.50. The van der Waals surface area contributed by atoms with Gasteiger partial charge in [0.2, 0.25) is 0 Å². The summed E-state index contributed by atoms with van der Waals surface area (Å²) in [6.07, 6.45) is -1.07. The molecule has 1 aliphatic heterocycles. The number of nitrogens with zero attached hydrogens (tertiary/aromatic N) is 4. The van der Waals surface area contributed by atoms with Crippen LogP contribution in [0.2, 0.25) is 5.15 Å². The van der Waals surface area contributed by atoms with Gasteiger partial charge in [-0.1, -0.05) is 17.7 Å². The summed E-state index contributed by atoms with van der Waals surface area (Å²) in [5.74, 6) is 0.276. The Morgan fingerprint density at radius 2 is 2.07 bits per heavy atom. The maximum Gasteiger partial charge on any atom is 0.406 e. The molecule has 2 aromatic heterocycles. The molecule has 1 N–H and O–H groups in total. The monoisotopic (exact) mass is 412 g/mol. The third kappa shape index (κ3) is 3.81. The standard InChI is InChI=1S/C19H20ClF3N4O/c20-18-17-16(24-11-25-18)14-6-12(7-26-5-1-2-13(8-26)9-28)3-4-15(14)27(17)10-19(21,22)23/h3-4,6,11,13,28H,1-2,5,7-10H2/t13-/m1/s1. The quantitative estimate of drug-likeness (QED) is 0.658. The van der Waals surface area contributed by atoms with Crippen LogP contribution in [0.1, 0.15) is 18.4 Å². The zero-order chi connectivity index (χ0) is 19.9. The maximum absolute atomic E-state index is 13.1. The van der Waals surface area contributed by atoms with E-state index in [1.165, 1.54) is 6.33 Å². The average molecular weight is 413 g/mol. The highest BCUT2D eigenvalue weighted by Gasteiger charge is 2.31. The molecule has 5 nitrogen and oxygen atoms in total. The van der Waals surface area contributed by atoms with Gasteiger partial charge in [0, 0.05) is 25.1 Å². The second-order valence-electron chi connectivity index (χ2n) is 7.34. The number of piperidine rings is 1. The van der Waals surface area contributed by atoms with Crippen LogP contribution in [0.15, 0.2) is 24.5 Å². The number of rotatable bonds is 4. The molecule has 1 saturated heterocycles. The molecule has 1 aliphatic rings. The van der Waals surface area contributed by atoms with Crippen molar-refractivity contribution >= 4 is 33.5 Å². The van der Waals surface area contributed by atoms with Crippen molar-refractivity contribution in [2.24, 2.45) is 5.92 Å². The lowest BCUT2D eigenvalue weighted by molar-refractivity contribution is -0.139. The summed E-state index contributed by atoms with van der Waals surface area (Å²) < 4.78 is 40.5. The van der Waals surface area contributed by atoms with E-state index in [2.05, 4.69) is 14.9 Å². The lowest BCUT2D eigenvalue weighted by Crippen LogP contribution is -2.36. The summed E-state index contributed by atoms with van der Waals surface area (Å²) in [5.41, 5.74) is 2.05. The third-order valence-electron chi connectivity index (χ3n) is 5.26. The number of hydrogen-bond acceptors (Lipinski definition) is 4. The molecule has 0 radical (unpaired) electrons. The molecular formula is C19H20ClF3N4O. The molecule has 1 fully saturated rings. The van der Waals surface area contributed by atoms with E-state index >= 15 is 0 Å². The number of hydrogen-bond donors (Lipinski definition) is 1. The number of aromatic nitrogens is 3. The molecule has 9 heteroatoms.